The summed E-state index contributed by atoms with van der Waals surface area (Å²) in [5.74, 6) is 2.16. The molecule has 0 heterocycles. The van der Waals surface area contributed by atoms with E-state index in [9.17, 15) is 0 Å². The highest BCUT2D eigenvalue weighted by molar-refractivity contribution is 5.53. The van der Waals surface area contributed by atoms with Crippen molar-refractivity contribution < 1.29 is 14.2 Å². The molecular formula is C17H27NO3. The Labute approximate surface area is 127 Å². The molecule has 4 nitrogen and oxygen atoms in total. The summed E-state index contributed by atoms with van der Waals surface area (Å²) in [7, 11) is 3.31. The molecule has 118 valence electrons. The van der Waals surface area contributed by atoms with Gasteiger partial charge < -0.3 is 19.5 Å². The molecule has 1 N–H and O–H groups in total. The molecule has 0 aromatic heterocycles. The van der Waals surface area contributed by atoms with Crippen LogP contribution in [-0.4, -0.2) is 33.4 Å². The molecule has 1 aromatic rings. The van der Waals surface area contributed by atoms with E-state index in [4.69, 9.17) is 14.2 Å². The van der Waals surface area contributed by atoms with E-state index in [0.717, 1.165) is 30.0 Å². The number of methoxy groups -OCH3 is 2. The van der Waals surface area contributed by atoms with Crippen LogP contribution in [0.15, 0.2) is 12.1 Å². The predicted octanol–water partition coefficient (Wildman–Crippen LogP) is 3.31. The summed E-state index contributed by atoms with van der Waals surface area (Å²) < 4.78 is 16.7. The molecule has 0 unspecified atom stereocenters. The molecule has 0 atom stereocenters. The van der Waals surface area contributed by atoms with Crippen LogP contribution in [0, 0.1) is 6.92 Å². The zero-order valence-electron chi connectivity index (χ0n) is 13.4. The topological polar surface area (TPSA) is 39.7 Å². The fraction of sp³-hybridized carbons (Fsp3) is 0.647. The van der Waals surface area contributed by atoms with E-state index < -0.39 is 0 Å². The minimum atomic E-state index is 0.662. The molecular weight excluding hydrogens is 266 g/mol. The first-order valence-corrected chi connectivity index (χ1v) is 7.83. The highest BCUT2D eigenvalue weighted by atomic mass is 16.5. The predicted molar refractivity (Wildman–Crippen MR) is 84.7 cm³/mol. The monoisotopic (exact) mass is 293 g/mol. The average Bonchev–Trinajstić information content (AvgIpc) is 3.00. The van der Waals surface area contributed by atoms with Gasteiger partial charge in [0.05, 0.1) is 20.8 Å². The van der Waals surface area contributed by atoms with Gasteiger partial charge in [0.1, 0.15) is 0 Å². The van der Waals surface area contributed by atoms with Crippen LogP contribution in [0.4, 0.5) is 0 Å². The first-order chi connectivity index (χ1) is 10.2. The summed E-state index contributed by atoms with van der Waals surface area (Å²) >= 11 is 0. The van der Waals surface area contributed by atoms with Crippen molar-refractivity contribution in [3.8, 4) is 17.2 Å². The Morgan fingerprint density at radius 2 is 1.71 bits per heavy atom. The van der Waals surface area contributed by atoms with E-state index in [1.807, 2.05) is 19.1 Å². The minimum absolute atomic E-state index is 0.662. The van der Waals surface area contributed by atoms with Crippen LogP contribution in [0.2, 0.25) is 0 Å². The van der Waals surface area contributed by atoms with Crippen LogP contribution in [0.3, 0.4) is 0 Å². The van der Waals surface area contributed by atoms with Gasteiger partial charge in [-0.2, -0.15) is 0 Å². The molecule has 21 heavy (non-hydrogen) atoms. The zero-order valence-corrected chi connectivity index (χ0v) is 13.4. The molecule has 1 aliphatic carbocycles. The van der Waals surface area contributed by atoms with Gasteiger partial charge in [0.15, 0.2) is 11.5 Å². The van der Waals surface area contributed by atoms with E-state index in [2.05, 4.69) is 5.32 Å². The third-order valence-electron chi connectivity index (χ3n) is 3.96. The maximum atomic E-state index is 5.88. The summed E-state index contributed by atoms with van der Waals surface area (Å²) in [5.41, 5.74) is 1.10. The van der Waals surface area contributed by atoms with Crippen LogP contribution in [-0.2, 0) is 0 Å². The first-order valence-electron chi connectivity index (χ1n) is 7.83. The third-order valence-corrected chi connectivity index (χ3v) is 3.96. The van der Waals surface area contributed by atoms with Crippen molar-refractivity contribution in [3.05, 3.63) is 17.7 Å². The summed E-state index contributed by atoms with van der Waals surface area (Å²) in [5, 5.41) is 3.59. The number of hydrogen-bond donors (Lipinski definition) is 1. The average molecular weight is 293 g/mol. The Bertz CT molecular complexity index is 417. The van der Waals surface area contributed by atoms with Crippen LogP contribution in [0.5, 0.6) is 17.2 Å². The quantitative estimate of drug-likeness (QED) is 0.746. The molecule has 1 saturated carbocycles. The number of aryl methyl sites for hydroxylation is 1. The number of hydrogen-bond acceptors (Lipinski definition) is 4. The highest BCUT2D eigenvalue weighted by Crippen LogP contribution is 2.38. The summed E-state index contributed by atoms with van der Waals surface area (Å²) in [6, 6.07) is 4.65. The number of rotatable bonds is 8. The Morgan fingerprint density at radius 3 is 2.29 bits per heavy atom. The normalized spacial score (nSPS) is 15.2. The van der Waals surface area contributed by atoms with Crippen molar-refractivity contribution >= 4 is 0 Å². The zero-order chi connectivity index (χ0) is 15.1. The maximum Gasteiger partial charge on any atom is 0.203 e. The second-order valence-electron chi connectivity index (χ2n) is 5.64. The minimum Gasteiger partial charge on any atom is -0.493 e. The molecule has 0 radical (unpaired) electrons. The van der Waals surface area contributed by atoms with E-state index in [0.29, 0.717) is 18.4 Å². The number of benzene rings is 1. The van der Waals surface area contributed by atoms with Gasteiger partial charge in [-0.25, -0.2) is 0 Å². The summed E-state index contributed by atoms with van der Waals surface area (Å²) in [6.45, 7) is 3.68. The maximum absolute atomic E-state index is 5.88. The van der Waals surface area contributed by atoms with Gasteiger partial charge >= 0.3 is 0 Å². The van der Waals surface area contributed by atoms with Crippen molar-refractivity contribution in [3.63, 3.8) is 0 Å². The van der Waals surface area contributed by atoms with Gasteiger partial charge in [-0.15, -0.1) is 0 Å². The second kappa shape index (κ2) is 8.13. The lowest BCUT2D eigenvalue weighted by Gasteiger charge is -2.16. The largest absolute Gasteiger partial charge is 0.493 e. The van der Waals surface area contributed by atoms with Gasteiger partial charge in [0.25, 0.3) is 0 Å². The molecule has 0 amide bonds. The van der Waals surface area contributed by atoms with Crippen molar-refractivity contribution in [1.82, 2.24) is 5.32 Å². The molecule has 1 aliphatic rings. The van der Waals surface area contributed by atoms with Gasteiger partial charge in [0.2, 0.25) is 5.75 Å². The number of nitrogens with one attached hydrogen (secondary N) is 1. The van der Waals surface area contributed by atoms with E-state index in [1.54, 1.807) is 14.2 Å². The van der Waals surface area contributed by atoms with E-state index in [1.165, 1.54) is 25.7 Å². The molecule has 4 heteroatoms. The van der Waals surface area contributed by atoms with Crippen LogP contribution >= 0.6 is 0 Å². The molecule has 2 rings (SSSR count). The van der Waals surface area contributed by atoms with E-state index >= 15 is 0 Å². The standard InChI is InChI=1S/C17H27NO3/c1-13-11-15(19-2)17(16(12-13)20-3)21-10-6-9-18-14-7-4-5-8-14/h11-12,14,18H,4-10H2,1-3H3. The molecule has 1 fully saturated rings. The molecule has 0 spiro atoms. The summed E-state index contributed by atoms with van der Waals surface area (Å²) in [4.78, 5) is 0. The SMILES string of the molecule is COc1cc(C)cc(OC)c1OCCCNC1CCCC1. The van der Waals surface area contributed by atoms with Gasteiger partial charge in [0, 0.05) is 6.04 Å². The Kier molecular flexibility index (Phi) is 6.18. The molecule has 1 aromatic carbocycles. The molecule has 0 saturated heterocycles. The lowest BCUT2D eigenvalue weighted by Crippen LogP contribution is -2.27. The van der Waals surface area contributed by atoms with Crippen LogP contribution < -0.4 is 19.5 Å². The highest BCUT2D eigenvalue weighted by Gasteiger charge is 2.14. The smallest absolute Gasteiger partial charge is 0.203 e. The first kappa shape index (κ1) is 16.0. The number of ether oxygens (including phenoxy) is 3. The fourth-order valence-electron chi connectivity index (χ4n) is 2.84. The lowest BCUT2D eigenvalue weighted by atomic mass is 10.2. The van der Waals surface area contributed by atoms with Crippen LogP contribution in [0.1, 0.15) is 37.7 Å². The molecule has 0 bridgehead atoms. The van der Waals surface area contributed by atoms with Crippen molar-refractivity contribution in [2.75, 3.05) is 27.4 Å². The van der Waals surface area contributed by atoms with Crippen molar-refractivity contribution in [2.45, 2.75) is 45.1 Å². The van der Waals surface area contributed by atoms with Crippen molar-refractivity contribution in [2.24, 2.45) is 0 Å². The van der Waals surface area contributed by atoms with Gasteiger partial charge in [-0.3, -0.25) is 0 Å². The second-order valence-corrected chi connectivity index (χ2v) is 5.64. The Balaban J connectivity index is 1.81. The molecule has 0 aliphatic heterocycles. The Morgan fingerprint density at radius 1 is 1.10 bits per heavy atom. The fourth-order valence-corrected chi connectivity index (χ4v) is 2.84. The van der Waals surface area contributed by atoms with Crippen LogP contribution in [0.25, 0.3) is 0 Å². The lowest BCUT2D eigenvalue weighted by molar-refractivity contribution is 0.267. The van der Waals surface area contributed by atoms with Crippen molar-refractivity contribution in [1.29, 1.82) is 0 Å². The van der Waals surface area contributed by atoms with Gasteiger partial charge in [-0.1, -0.05) is 12.8 Å². The summed E-state index contributed by atoms with van der Waals surface area (Å²) in [6.07, 6.45) is 6.36. The Hall–Kier alpha value is -1.42. The third kappa shape index (κ3) is 4.53. The van der Waals surface area contributed by atoms with Gasteiger partial charge in [-0.05, 0) is 50.4 Å². The van der Waals surface area contributed by atoms with E-state index in [-0.39, 0.29) is 0 Å².